The van der Waals surface area contributed by atoms with Crippen molar-refractivity contribution in [2.24, 2.45) is 5.92 Å². The van der Waals surface area contributed by atoms with Crippen LogP contribution in [0.15, 0.2) is 12.2 Å². The Morgan fingerprint density at radius 3 is 1.90 bits per heavy atom. The van der Waals surface area contributed by atoms with Gasteiger partial charge in [0, 0.05) is 0 Å². The lowest BCUT2D eigenvalue weighted by Crippen LogP contribution is -2.22. The molecule has 3 heteroatoms. The summed E-state index contributed by atoms with van der Waals surface area (Å²) in [4.78, 5) is 32.0. The first-order valence-corrected chi connectivity index (χ1v) is 2.89. The van der Waals surface area contributed by atoms with E-state index >= 15 is 0 Å². The minimum absolute atomic E-state index is 0.375. The van der Waals surface area contributed by atoms with Crippen LogP contribution in [0.25, 0.3) is 0 Å². The van der Waals surface area contributed by atoms with E-state index in [1.165, 1.54) is 6.92 Å². The van der Waals surface area contributed by atoms with Crippen LogP contribution in [-0.4, -0.2) is 17.3 Å². The van der Waals surface area contributed by atoms with Gasteiger partial charge in [-0.3, -0.25) is 14.4 Å². The monoisotopic (exact) mass is 138 g/mol. The maximum Gasteiger partial charge on any atom is 0.174 e. The molecule has 1 aliphatic carbocycles. The van der Waals surface area contributed by atoms with Gasteiger partial charge in [-0.25, -0.2) is 0 Å². The Labute approximate surface area is 57.7 Å². The molecule has 0 unspecified atom stereocenters. The van der Waals surface area contributed by atoms with Crippen molar-refractivity contribution in [3.8, 4) is 0 Å². The van der Waals surface area contributed by atoms with Crippen LogP contribution in [0.4, 0.5) is 0 Å². The third-order valence-corrected chi connectivity index (χ3v) is 1.39. The molecule has 52 valence electrons. The maximum absolute atomic E-state index is 10.7. The molecule has 3 nitrogen and oxygen atoms in total. The van der Waals surface area contributed by atoms with Crippen molar-refractivity contribution in [3.63, 3.8) is 0 Å². The molecule has 0 saturated carbocycles. The van der Waals surface area contributed by atoms with E-state index in [9.17, 15) is 14.4 Å². The van der Waals surface area contributed by atoms with Crippen LogP contribution in [0.5, 0.6) is 0 Å². The van der Waals surface area contributed by atoms with E-state index in [1.807, 2.05) is 0 Å². The normalized spacial score (nSPS) is 18.5. The molecule has 0 radical (unpaired) electrons. The molecule has 0 bridgehead atoms. The number of ketones is 3. The zero-order valence-corrected chi connectivity index (χ0v) is 5.46. The molecule has 0 atom stereocenters. The molecule has 0 saturated heterocycles. The minimum Gasteiger partial charge on any atom is -0.299 e. The summed E-state index contributed by atoms with van der Waals surface area (Å²) in [6.45, 7) is 1.24. The fourth-order valence-electron chi connectivity index (χ4n) is 0.898. The van der Waals surface area contributed by atoms with Gasteiger partial charge in [-0.2, -0.15) is 0 Å². The SMILES string of the molecule is CC(=O)C1C(=O)C=CC1=O. The van der Waals surface area contributed by atoms with Gasteiger partial charge in [0.1, 0.15) is 11.7 Å². The van der Waals surface area contributed by atoms with E-state index in [-0.39, 0.29) is 5.78 Å². The standard InChI is InChI=1S/C7H6O3/c1-4(8)7-5(9)2-3-6(7)10/h2-3,7H,1H3. The van der Waals surface area contributed by atoms with Crippen LogP contribution in [0.2, 0.25) is 0 Å². The van der Waals surface area contributed by atoms with Gasteiger partial charge in [0.25, 0.3) is 0 Å². The zero-order valence-electron chi connectivity index (χ0n) is 5.46. The van der Waals surface area contributed by atoms with Crippen molar-refractivity contribution < 1.29 is 14.4 Å². The molecule has 0 fully saturated rings. The Kier molecular flexibility index (Phi) is 1.49. The third-order valence-electron chi connectivity index (χ3n) is 1.39. The van der Waals surface area contributed by atoms with Crippen molar-refractivity contribution in [2.45, 2.75) is 6.92 Å². The van der Waals surface area contributed by atoms with E-state index < -0.39 is 17.5 Å². The molecule has 0 heterocycles. The molecule has 0 aromatic heterocycles. The summed E-state index contributed by atoms with van der Waals surface area (Å²) in [7, 11) is 0. The molecule has 0 aliphatic heterocycles. The number of carbonyl (C=O) groups is 3. The molecular formula is C7H6O3. The fraction of sp³-hybridized carbons (Fsp3) is 0.286. The Morgan fingerprint density at radius 2 is 1.70 bits per heavy atom. The maximum atomic E-state index is 10.7. The van der Waals surface area contributed by atoms with Crippen LogP contribution < -0.4 is 0 Å². The molecule has 1 rings (SSSR count). The van der Waals surface area contributed by atoms with Gasteiger partial charge in [0.2, 0.25) is 0 Å². The number of allylic oxidation sites excluding steroid dienone is 2. The lowest BCUT2D eigenvalue weighted by atomic mass is 10.0. The van der Waals surface area contributed by atoms with Crippen LogP contribution in [0.1, 0.15) is 6.92 Å². The van der Waals surface area contributed by atoms with Crippen molar-refractivity contribution >= 4 is 17.3 Å². The van der Waals surface area contributed by atoms with E-state index in [0.717, 1.165) is 12.2 Å². The fourth-order valence-corrected chi connectivity index (χ4v) is 0.898. The second-order valence-electron chi connectivity index (χ2n) is 2.18. The number of Topliss-reactive ketones (excluding diaryl/α,β-unsaturated/α-hetero) is 1. The summed E-state index contributed by atoms with van der Waals surface area (Å²) >= 11 is 0. The van der Waals surface area contributed by atoms with E-state index in [0.29, 0.717) is 0 Å². The van der Waals surface area contributed by atoms with Crippen molar-refractivity contribution in [1.82, 2.24) is 0 Å². The Balaban J connectivity index is 2.90. The summed E-state index contributed by atoms with van der Waals surface area (Å²) < 4.78 is 0. The first-order chi connectivity index (χ1) is 4.63. The predicted octanol–water partition coefficient (Wildman–Crippen LogP) is -0.100. The lowest BCUT2D eigenvalue weighted by Gasteiger charge is -1.97. The van der Waals surface area contributed by atoms with Crippen LogP contribution >= 0.6 is 0 Å². The van der Waals surface area contributed by atoms with Gasteiger partial charge >= 0.3 is 0 Å². The molecule has 1 aliphatic rings. The summed E-state index contributed by atoms with van der Waals surface area (Å²) in [5, 5.41) is 0. The average Bonchev–Trinajstić information content (AvgIpc) is 2.11. The Hall–Kier alpha value is -1.25. The summed E-state index contributed by atoms with van der Waals surface area (Å²) in [5.74, 6) is -2.19. The smallest absolute Gasteiger partial charge is 0.174 e. The second kappa shape index (κ2) is 2.17. The van der Waals surface area contributed by atoms with Gasteiger partial charge in [0.05, 0.1) is 0 Å². The Bertz CT molecular complexity index is 219. The first-order valence-electron chi connectivity index (χ1n) is 2.89. The largest absolute Gasteiger partial charge is 0.299 e. The third kappa shape index (κ3) is 0.900. The summed E-state index contributed by atoms with van der Waals surface area (Å²) in [6, 6.07) is 0. The highest BCUT2D eigenvalue weighted by Gasteiger charge is 2.31. The van der Waals surface area contributed by atoms with E-state index in [4.69, 9.17) is 0 Å². The summed E-state index contributed by atoms with van der Waals surface area (Å²) in [6.07, 6.45) is 2.29. The molecule has 0 amide bonds. The minimum atomic E-state index is -1.03. The zero-order chi connectivity index (χ0) is 7.72. The van der Waals surface area contributed by atoms with Gasteiger partial charge < -0.3 is 0 Å². The van der Waals surface area contributed by atoms with Crippen molar-refractivity contribution in [2.75, 3.05) is 0 Å². The number of hydrogen-bond acceptors (Lipinski definition) is 3. The highest BCUT2D eigenvalue weighted by atomic mass is 16.2. The van der Waals surface area contributed by atoms with Crippen LogP contribution in [-0.2, 0) is 14.4 Å². The highest BCUT2D eigenvalue weighted by Crippen LogP contribution is 2.10. The van der Waals surface area contributed by atoms with Crippen LogP contribution in [0, 0.1) is 5.92 Å². The molecular weight excluding hydrogens is 132 g/mol. The van der Waals surface area contributed by atoms with Gasteiger partial charge in [-0.1, -0.05) is 0 Å². The summed E-state index contributed by atoms with van der Waals surface area (Å²) in [5.41, 5.74) is 0. The first kappa shape index (κ1) is 6.86. The lowest BCUT2D eigenvalue weighted by molar-refractivity contribution is -0.134. The number of carbonyl (C=O) groups excluding carboxylic acids is 3. The Morgan fingerprint density at radius 1 is 1.30 bits per heavy atom. The molecule has 0 aromatic rings. The van der Waals surface area contributed by atoms with Gasteiger partial charge in [-0.05, 0) is 19.1 Å². The van der Waals surface area contributed by atoms with Crippen molar-refractivity contribution in [1.29, 1.82) is 0 Å². The van der Waals surface area contributed by atoms with Crippen molar-refractivity contribution in [3.05, 3.63) is 12.2 Å². The van der Waals surface area contributed by atoms with Crippen LogP contribution in [0.3, 0.4) is 0 Å². The molecule has 0 spiro atoms. The molecule has 10 heavy (non-hydrogen) atoms. The molecule has 0 N–H and O–H groups in total. The average molecular weight is 138 g/mol. The highest BCUT2D eigenvalue weighted by molar-refractivity contribution is 6.29. The van der Waals surface area contributed by atoms with E-state index in [1.54, 1.807) is 0 Å². The number of hydrogen-bond donors (Lipinski definition) is 0. The quantitative estimate of drug-likeness (QED) is 0.475. The van der Waals surface area contributed by atoms with Gasteiger partial charge in [0.15, 0.2) is 11.6 Å². The predicted molar refractivity (Wildman–Crippen MR) is 33.3 cm³/mol. The second-order valence-corrected chi connectivity index (χ2v) is 2.18. The topological polar surface area (TPSA) is 51.2 Å². The van der Waals surface area contributed by atoms with Gasteiger partial charge in [-0.15, -0.1) is 0 Å². The molecule has 0 aromatic carbocycles. The van der Waals surface area contributed by atoms with E-state index in [2.05, 4.69) is 0 Å². The number of rotatable bonds is 1.